The molecular formula is C15H18N4O2. The molecule has 0 atom stereocenters. The molecular weight excluding hydrogens is 268 g/mol. The summed E-state index contributed by atoms with van der Waals surface area (Å²) in [6.07, 6.45) is 0.878. The average molecular weight is 286 g/mol. The van der Waals surface area contributed by atoms with Gasteiger partial charge in [0.1, 0.15) is 24.2 Å². The Hall–Kier alpha value is -2.68. The zero-order valence-corrected chi connectivity index (χ0v) is 12.2. The van der Waals surface area contributed by atoms with Crippen LogP contribution in [0.1, 0.15) is 24.5 Å². The van der Waals surface area contributed by atoms with Gasteiger partial charge in [-0.2, -0.15) is 5.26 Å². The van der Waals surface area contributed by atoms with E-state index in [4.69, 9.17) is 15.2 Å². The van der Waals surface area contributed by atoms with Crippen LogP contribution in [-0.4, -0.2) is 16.9 Å². The molecule has 0 aliphatic heterocycles. The maximum Gasteiger partial charge on any atom is 0.253 e. The summed E-state index contributed by atoms with van der Waals surface area (Å²) >= 11 is 0. The summed E-state index contributed by atoms with van der Waals surface area (Å²) in [4.78, 5) is 0. The molecule has 0 bridgehead atoms. The lowest BCUT2D eigenvalue weighted by Gasteiger charge is -2.08. The lowest BCUT2D eigenvalue weighted by atomic mass is 10.2. The molecule has 6 heteroatoms. The van der Waals surface area contributed by atoms with Gasteiger partial charge in [0.2, 0.25) is 0 Å². The first-order valence-corrected chi connectivity index (χ1v) is 6.72. The maximum absolute atomic E-state index is 9.19. The van der Waals surface area contributed by atoms with Gasteiger partial charge in [-0.15, -0.1) is 5.10 Å². The van der Waals surface area contributed by atoms with Crippen LogP contribution < -0.4 is 15.2 Å². The summed E-state index contributed by atoms with van der Waals surface area (Å²) in [5.41, 5.74) is 7.06. The highest BCUT2D eigenvalue weighted by Gasteiger charge is 2.17. The van der Waals surface area contributed by atoms with Crippen LogP contribution in [0, 0.1) is 11.3 Å². The lowest BCUT2D eigenvalue weighted by molar-refractivity contribution is 0.281. The predicted molar refractivity (Wildman–Crippen MR) is 79.0 cm³/mol. The second-order valence-corrected chi connectivity index (χ2v) is 4.50. The smallest absolute Gasteiger partial charge is 0.253 e. The Morgan fingerprint density at radius 2 is 2.14 bits per heavy atom. The number of nitrogen functional groups attached to an aromatic ring is 1. The van der Waals surface area contributed by atoms with Crippen LogP contribution in [0.2, 0.25) is 0 Å². The summed E-state index contributed by atoms with van der Waals surface area (Å²) in [5.74, 6) is 1.33. The number of rotatable bonds is 6. The highest BCUT2D eigenvalue weighted by atomic mass is 16.5. The molecule has 0 fully saturated rings. The molecule has 0 aliphatic rings. The average Bonchev–Trinajstić information content (AvgIpc) is 2.81. The van der Waals surface area contributed by atoms with Crippen LogP contribution in [0.15, 0.2) is 24.3 Å². The lowest BCUT2D eigenvalue weighted by Crippen LogP contribution is -2.04. The van der Waals surface area contributed by atoms with Gasteiger partial charge in [0, 0.05) is 12.1 Å². The number of nitrogens with zero attached hydrogens (tertiary/aromatic N) is 3. The molecule has 2 rings (SSSR count). The first kappa shape index (κ1) is 14.7. The Morgan fingerprint density at radius 3 is 2.81 bits per heavy atom. The van der Waals surface area contributed by atoms with Crippen molar-refractivity contribution < 1.29 is 9.47 Å². The van der Waals surface area contributed by atoms with Crippen molar-refractivity contribution in [2.24, 2.45) is 0 Å². The van der Waals surface area contributed by atoms with E-state index in [0.29, 0.717) is 12.4 Å². The largest absolute Gasteiger partial charge is 0.496 e. The molecule has 6 nitrogen and oxygen atoms in total. The van der Waals surface area contributed by atoms with Gasteiger partial charge in [-0.25, -0.2) is 4.68 Å². The second-order valence-electron chi connectivity index (χ2n) is 4.50. The molecule has 1 heterocycles. The van der Waals surface area contributed by atoms with E-state index in [2.05, 4.69) is 5.10 Å². The molecule has 0 saturated carbocycles. The number of anilines is 1. The van der Waals surface area contributed by atoms with E-state index in [9.17, 15) is 5.26 Å². The maximum atomic E-state index is 9.19. The van der Waals surface area contributed by atoms with Gasteiger partial charge in [0.15, 0.2) is 5.56 Å². The van der Waals surface area contributed by atoms with Crippen molar-refractivity contribution >= 4 is 5.82 Å². The number of aromatic nitrogens is 2. The molecule has 1 aromatic heterocycles. The van der Waals surface area contributed by atoms with Crippen molar-refractivity contribution in [3.05, 3.63) is 35.4 Å². The van der Waals surface area contributed by atoms with E-state index in [0.717, 1.165) is 17.7 Å². The van der Waals surface area contributed by atoms with E-state index in [1.54, 1.807) is 11.8 Å². The van der Waals surface area contributed by atoms with E-state index in [1.807, 2.05) is 37.3 Å². The number of methoxy groups -OCH3 is 1. The van der Waals surface area contributed by atoms with Crippen LogP contribution in [0.5, 0.6) is 11.6 Å². The predicted octanol–water partition coefficient (Wildman–Crippen LogP) is 2.33. The van der Waals surface area contributed by atoms with Crippen molar-refractivity contribution in [1.82, 2.24) is 9.78 Å². The van der Waals surface area contributed by atoms with Crippen LogP contribution >= 0.6 is 0 Å². The van der Waals surface area contributed by atoms with Crippen LogP contribution in [0.25, 0.3) is 0 Å². The van der Waals surface area contributed by atoms with E-state index >= 15 is 0 Å². The van der Waals surface area contributed by atoms with Gasteiger partial charge < -0.3 is 15.2 Å². The molecule has 0 amide bonds. The number of nitrogens with two attached hydrogens (primary N) is 1. The highest BCUT2D eigenvalue weighted by Crippen LogP contribution is 2.25. The van der Waals surface area contributed by atoms with Crippen molar-refractivity contribution in [2.75, 3.05) is 12.8 Å². The van der Waals surface area contributed by atoms with Crippen molar-refractivity contribution in [3.63, 3.8) is 0 Å². The number of nitriles is 1. The Morgan fingerprint density at radius 1 is 1.38 bits per heavy atom. The van der Waals surface area contributed by atoms with E-state index in [-0.39, 0.29) is 18.1 Å². The number of aryl methyl sites for hydroxylation is 1. The van der Waals surface area contributed by atoms with Gasteiger partial charge in [-0.3, -0.25) is 0 Å². The van der Waals surface area contributed by atoms with Crippen LogP contribution in [0.3, 0.4) is 0 Å². The molecule has 0 radical (unpaired) electrons. The third-order valence-electron chi connectivity index (χ3n) is 3.06. The first-order chi connectivity index (χ1) is 10.2. The second kappa shape index (κ2) is 6.66. The number of hydrogen-bond donors (Lipinski definition) is 1. The minimum Gasteiger partial charge on any atom is -0.496 e. The molecule has 0 spiro atoms. The minimum atomic E-state index is 0.259. The summed E-state index contributed by atoms with van der Waals surface area (Å²) in [7, 11) is 1.60. The van der Waals surface area contributed by atoms with Gasteiger partial charge in [0.05, 0.1) is 7.11 Å². The Kier molecular flexibility index (Phi) is 4.67. The quantitative estimate of drug-likeness (QED) is 0.880. The molecule has 21 heavy (non-hydrogen) atoms. The number of hydrogen-bond acceptors (Lipinski definition) is 5. The SMILES string of the molecule is CCCn1nc(OCc2ccccc2OC)c(C#N)c1N. The monoisotopic (exact) mass is 286 g/mol. The summed E-state index contributed by atoms with van der Waals surface area (Å²) in [5, 5.41) is 13.4. The summed E-state index contributed by atoms with van der Waals surface area (Å²) < 4.78 is 12.5. The van der Waals surface area contributed by atoms with Gasteiger partial charge >= 0.3 is 0 Å². The fourth-order valence-electron chi connectivity index (χ4n) is 2.01. The Labute approximate surface area is 123 Å². The van der Waals surface area contributed by atoms with E-state index in [1.165, 1.54) is 0 Å². The third kappa shape index (κ3) is 3.08. The molecule has 0 saturated heterocycles. The molecule has 110 valence electrons. The normalized spacial score (nSPS) is 10.1. The summed E-state index contributed by atoms with van der Waals surface area (Å²) in [6, 6.07) is 9.58. The van der Waals surface area contributed by atoms with Crippen molar-refractivity contribution in [1.29, 1.82) is 5.26 Å². The molecule has 0 aliphatic carbocycles. The van der Waals surface area contributed by atoms with Crippen LogP contribution in [0.4, 0.5) is 5.82 Å². The zero-order valence-electron chi connectivity index (χ0n) is 12.2. The molecule has 0 unspecified atom stereocenters. The Bertz CT molecular complexity index is 658. The minimum absolute atomic E-state index is 0.259. The molecule has 2 aromatic rings. The fraction of sp³-hybridized carbons (Fsp3) is 0.333. The molecule has 2 N–H and O–H groups in total. The Balaban J connectivity index is 2.20. The number of benzene rings is 1. The standard InChI is InChI=1S/C15H18N4O2/c1-3-8-19-14(17)12(9-16)15(18-19)21-10-11-6-4-5-7-13(11)20-2/h4-7H,3,8,10,17H2,1-2H3. The fourth-order valence-corrected chi connectivity index (χ4v) is 2.01. The third-order valence-corrected chi connectivity index (χ3v) is 3.06. The van der Waals surface area contributed by atoms with Gasteiger partial charge in [0.25, 0.3) is 5.88 Å². The highest BCUT2D eigenvalue weighted by molar-refractivity contribution is 5.55. The summed E-state index contributed by atoms with van der Waals surface area (Å²) in [6.45, 7) is 2.93. The van der Waals surface area contributed by atoms with Gasteiger partial charge in [-0.05, 0) is 12.5 Å². The van der Waals surface area contributed by atoms with Gasteiger partial charge in [-0.1, -0.05) is 25.1 Å². The topological polar surface area (TPSA) is 86.1 Å². The van der Waals surface area contributed by atoms with E-state index < -0.39 is 0 Å². The zero-order chi connectivity index (χ0) is 15.2. The first-order valence-electron chi connectivity index (χ1n) is 6.72. The van der Waals surface area contributed by atoms with Crippen LogP contribution in [-0.2, 0) is 13.2 Å². The number of para-hydroxylation sites is 1. The molecule has 1 aromatic carbocycles. The number of ether oxygens (including phenoxy) is 2. The van der Waals surface area contributed by atoms with Crippen molar-refractivity contribution in [3.8, 4) is 17.7 Å². The van der Waals surface area contributed by atoms with Crippen molar-refractivity contribution in [2.45, 2.75) is 26.5 Å².